The van der Waals surface area contributed by atoms with Gasteiger partial charge in [0.25, 0.3) is 5.91 Å². The Morgan fingerprint density at radius 1 is 1.16 bits per heavy atom. The van der Waals surface area contributed by atoms with Crippen molar-refractivity contribution in [3.8, 4) is 5.75 Å². The molecule has 0 unspecified atom stereocenters. The van der Waals surface area contributed by atoms with E-state index in [1.165, 1.54) is 6.07 Å². The first-order valence-corrected chi connectivity index (χ1v) is 8.06. The molecule has 25 heavy (non-hydrogen) atoms. The standard InChI is InChI=1S/C17H14Cl2F3NO2/c1-2-14(25-15-6-4-3-5-13(15)19)16(24)23-10-7-8-12(18)11(9-10)17(20,21)22/h3-9,14H,2H2,1H3,(H,23,24)/t14-/m0/s1. The predicted molar refractivity (Wildman–Crippen MR) is 91.2 cm³/mol. The number of carbonyl (C=O) groups excluding carboxylic acids is 1. The van der Waals surface area contributed by atoms with Crippen molar-refractivity contribution in [2.45, 2.75) is 25.6 Å². The average molecular weight is 392 g/mol. The number of anilines is 1. The van der Waals surface area contributed by atoms with E-state index in [1.54, 1.807) is 31.2 Å². The maximum atomic E-state index is 12.9. The second-order valence-electron chi connectivity index (χ2n) is 5.13. The van der Waals surface area contributed by atoms with Gasteiger partial charge in [0.15, 0.2) is 6.10 Å². The summed E-state index contributed by atoms with van der Waals surface area (Å²) in [6.45, 7) is 1.71. The van der Waals surface area contributed by atoms with Gasteiger partial charge in [-0.15, -0.1) is 0 Å². The number of benzene rings is 2. The van der Waals surface area contributed by atoms with E-state index in [-0.39, 0.29) is 5.69 Å². The molecule has 0 radical (unpaired) electrons. The van der Waals surface area contributed by atoms with Crippen LogP contribution in [-0.2, 0) is 11.0 Å². The molecule has 8 heteroatoms. The van der Waals surface area contributed by atoms with Crippen molar-refractivity contribution in [3.05, 3.63) is 58.1 Å². The number of para-hydroxylation sites is 1. The van der Waals surface area contributed by atoms with Crippen molar-refractivity contribution in [2.24, 2.45) is 0 Å². The Morgan fingerprint density at radius 3 is 2.44 bits per heavy atom. The normalized spacial score (nSPS) is 12.6. The lowest BCUT2D eigenvalue weighted by Crippen LogP contribution is -2.32. The Balaban J connectivity index is 2.16. The minimum atomic E-state index is -4.62. The summed E-state index contributed by atoms with van der Waals surface area (Å²) in [4.78, 5) is 12.3. The Labute approximate surface area is 152 Å². The van der Waals surface area contributed by atoms with Crippen molar-refractivity contribution >= 4 is 34.8 Å². The highest BCUT2D eigenvalue weighted by Crippen LogP contribution is 2.36. The molecule has 1 N–H and O–H groups in total. The van der Waals surface area contributed by atoms with E-state index in [0.717, 1.165) is 12.1 Å². The Morgan fingerprint density at radius 2 is 1.84 bits per heavy atom. The molecule has 2 aromatic rings. The molecule has 2 aromatic carbocycles. The van der Waals surface area contributed by atoms with Crippen LogP contribution in [0.1, 0.15) is 18.9 Å². The number of alkyl halides is 3. The van der Waals surface area contributed by atoms with E-state index in [9.17, 15) is 18.0 Å². The fourth-order valence-electron chi connectivity index (χ4n) is 2.06. The van der Waals surface area contributed by atoms with Gasteiger partial charge in [-0.25, -0.2) is 0 Å². The highest BCUT2D eigenvalue weighted by molar-refractivity contribution is 6.32. The largest absolute Gasteiger partial charge is 0.479 e. The third-order valence-electron chi connectivity index (χ3n) is 3.31. The molecule has 0 aliphatic rings. The molecule has 0 bridgehead atoms. The number of hydrogen-bond acceptors (Lipinski definition) is 2. The van der Waals surface area contributed by atoms with Crippen LogP contribution in [0.3, 0.4) is 0 Å². The molecule has 3 nitrogen and oxygen atoms in total. The van der Waals surface area contributed by atoms with Gasteiger partial charge in [0, 0.05) is 5.69 Å². The molecule has 2 rings (SSSR count). The highest BCUT2D eigenvalue weighted by Gasteiger charge is 2.33. The van der Waals surface area contributed by atoms with Crippen LogP contribution >= 0.6 is 23.2 Å². The second-order valence-corrected chi connectivity index (χ2v) is 5.94. The van der Waals surface area contributed by atoms with Crippen LogP contribution in [0.15, 0.2) is 42.5 Å². The van der Waals surface area contributed by atoms with Crippen molar-refractivity contribution < 1.29 is 22.7 Å². The van der Waals surface area contributed by atoms with Gasteiger partial charge in [-0.1, -0.05) is 42.3 Å². The highest BCUT2D eigenvalue weighted by atomic mass is 35.5. The predicted octanol–water partition coefficient (Wildman–Crippen LogP) is 5.81. The smallest absolute Gasteiger partial charge is 0.417 e. The Bertz CT molecular complexity index is 766. The summed E-state index contributed by atoms with van der Waals surface area (Å²) >= 11 is 11.5. The third-order valence-corrected chi connectivity index (χ3v) is 3.95. The summed E-state index contributed by atoms with van der Waals surface area (Å²) in [6, 6.07) is 9.76. The molecule has 0 saturated carbocycles. The number of ether oxygens (including phenoxy) is 1. The molecular formula is C17H14Cl2F3NO2. The summed E-state index contributed by atoms with van der Waals surface area (Å²) < 4.78 is 44.2. The Kier molecular flexibility index (Phi) is 6.19. The van der Waals surface area contributed by atoms with Crippen molar-refractivity contribution in [2.75, 3.05) is 5.32 Å². The fraction of sp³-hybridized carbons (Fsp3) is 0.235. The van der Waals surface area contributed by atoms with Crippen LogP contribution in [-0.4, -0.2) is 12.0 Å². The lowest BCUT2D eigenvalue weighted by Gasteiger charge is -2.18. The number of rotatable bonds is 5. The molecular weight excluding hydrogens is 378 g/mol. The number of amides is 1. The molecule has 0 saturated heterocycles. The van der Waals surface area contributed by atoms with Crippen LogP contribution in [0.25, 0.3) is 0 Å². The van der Waals surface area contributed by atoms with Crippen LogP contribution in [0, 0.1) is 0 Å². The zero-order valence-electron chi connectivity index (χ0n) is 13.0. The lowest BCUT2D eigenvalue weighted by molar-refractivity contribution is -0.137. The maximum absolute atomic E-state index is 12.9. The number of halogens is 5. The topological polar surface area (TPSA) is 38.3 Å². The average Bonchev–Trinajstić information content (AvgIpc) is 2.54. The van der Waals surface area contributed by atoms with Crippen molar-refractivity contribution in [3.63, 3.8) is 0 Å². The van der Waals surface area contributed by atoms with Crippen LogP contribution in [0.5, 0.6) is 5.75 Å². The van der Waals surface area contributed by atoms with Crippen LogP contribution < -0.4 is 10.1 Å². The van der Waals surface area contributed by atoms with Crippen LogP contribution in [0.2, 0.25) is 10.0 Å². The lowest BCUT2D eigenvalue weighted by atomic mass is 10.1. The molecule has 0 aliphatic carbocycles. The van der Waals surface area contributed by atoms with E-state index in [4.69, 9.17) is 27.9 Å². The molecule has 1 atom stereocenters. The molecule has 0 aromatic heterocycles. The quantitative estimate of drug-likeness (QED) is 0.698. The summed E-state index contributed by atoms with van der Waals surface area (Å²) in [5.41, 5.74) is -1.05. The van der Waals surface area contributed by atoms with Gasteiger partial charge in [0.1, 0.15) is 5.75 Å². The van der Waals surface area contributed by atoms with Gasteiger partial charge < -0.3 is 10.1 Å². The van der Waals surface area contributed by atoms with E-state index in [0.29, 0.717) is 17.2 Å². The van der Waals surface area contributed by atoms with E-state index >= 15 is 0 Å². The van der Waals surface area contributed by atoms with Crippen molar-refractivity contribution in [1.82, 2.24) is 0 Å². The summed E-state index contributed by atoms with van der Waals surface area (Å²) in [6.07, 6.45) is -5.22. The minimum absolute atomic E-state index is 0.0251. The zero-order chi connectivity index (χ0) is 18.6. The summed E-state index contributed by atoms with van der Waals surface area (Å²) in [7, 11) is 0. The van der Waals surface area contributed by atoms with Gasteiger partial charge in [-0.3, -0.25) is 4.79 Å². The van der Waals surface area contributed by atoms with Gasteiger partial charge in [0.2, 0.25) is 0 Å². The van der Waals surface area contributed by atoms with E-state index in [2.05, 4.69) is 5.32 Å². The first kappa shape index (κ1) is 19.4. The SMILES string of the molecule is CC[C@H](Oc1ccccc1Cl)C(=O)Nc1ccc(Cl)c(C(F)(F)F)c1. The number of hydrogen-bond donors (Lipinski definition) is 1. The summed E-state index contributed by atoms with van der Waals surface area (Å²) in [5.74, 6) is -0.267. The van der Waals surface area contributed by atoms with Crippen LogP contribution in [0.4, 0.5) is 18.9 Å². The molecule has 1 amide bonds. The Hall–Kier alpha value is -1.92. The van der Waals surface area contributed by atoms with Gasteiger partial charge >= 0.3 is 6.18 Å². The van der Waals surface area contributed by atoms with Gasteiger partial charge in [-0.2, -0.15) is 13.2 Å². The molecule has 0 aliphatic heterocycles. The summed E-state index contributed by atoms with van der Waals surface area (Å²) in [5, 5.41) is 2.30. The first-order valence-electron chi connectivity index (χ1n) is 7.31. The van der Waals surface area contributed by atoms with Crippen molar-refractivity contribution in [1.29, 1.82) is 0 Å². The number of carbonyl (C=O) groups is 1. The zero-order valence-corrected chi connectivity index (χ0v) is 14.5. The second kappa shape index (κ2) is 7.97. The van der Waals surface area contributed by atoms with Gasteiger partial charge in [-0.05, 0) is 36.8 Å². The first-order chi connectivity index (χ1) is 11.7. The minimum Gasteiger partial charge on any atom is -0.479 e. The molecule has 0 fully saturated rings. The number of nitrogens with one attached hydrogen (secondary N) is 1. The third kappa shape index (κ3) is 5.03. The van der Waals surface area contributed by atoms with E-state index in [1.807, 2.05) is 0 Å². The molecule has 0 heterocycles. The fourth-order valence-corrected chi connectivity index (χ4v) is 2.46. The molecule has 0 spiro atoms. The maximum Gasteiger partial charge on any atom is 0.417 e. The van der Waals surface area contributed by atoms with Gasteiger partial charge in [0.05, 0.1) is 15.6 Å². The monoisotopic (exact) mass is 391 g/mol. The molecule has 134 valence electrons. The van der Waals surface area contributed by atoms with E-state index < -0.39 is 28.8 Å².